The van der Waals surface area contributed by atoms with Crippen LogP contribution in [0.2, 0.25) is 0 Å². The molecule has 0 N–H and O–H groups in total. The molecule has 0 saturated heterocycles. The topological polar surface area (TPSA) is 26.3 Å². The number of hydrogen-bond donors (Lipinski definition) is 0. The van der Waals surface area contributed by atoms with Crippen LogP contribution in [0.25, 0.3) is 0 Å². The standard InChI is InChI=1S/C40H80O2/c1-3-5-7-9-11-13-15-17-19-20-21-22-23-24-26-28-30-32-34-36-38-40(41)42-39-37-35-33-31-29-27-25-18-16-14-12-10-8-6-4-2/h3-39H2,1-2H3. The van der Waals surface area contributed by atoms with Crippen LogP contribution in [0.3, 0.4) is 0 Å². The lowest BCUT2D eigenvalue weighted by atomic mass is 10.0. The Kier molecular flexibility index (Phi) is 38.0. The Morgan fingerprint density at radius 2 is 0.524 bits per heavy atom. The fraction of sp³-hybridized carbons (Fsp3) is 0.975. The number of esters is 1. The molecule has 0 unspecified atom stereocenters. The molecular formula is C40H80O2. The molecule has 0 aromatic heterocycles. The van der Waals surface area contributed by atoms with Gasteiger partial charge in [0.15, 0.2) is 0 Å². The molecule has 0 rings (SSSR count). The zero-order valence-corrected chi connectivity index (χ0v) is 29.5. The summed E-state index contributed by atoms with van der Waals surface area (Å²) in [6, 6.07) is 0. The molecule has 0 bridgehead atoms. The maximum atomic E-state index is 12.0. The van der Waals surface area contributed by atoms with E-state index in [1.54, 1.807) is 0 Å². The minimum absolute atomic E-state index is 0.0303. The molecule has 0 amide bonds. The van der Waals surface area contributed by atoms with Crippen molar-refractivity contribution in [3.8, 4) is 0 Å². The van der Waals surface area contributed by atoms with E-state index in [0.717, 1.165) is 12.8 Å². The summed E-state index contributed by atoms with van der Waals surface area (Å²) >= 11 is 0. The van der Waals surface area contributed by atoms with E-state index >= 15 is 0 Å². The minimum atomic E-state index is 0.0303. The van der Waals surface area contributed by atoms with Crippen LogP contribution in [0.4, 0.5) is 0 Å². The van der Waals surface area contributed by atoms with Crippen LogP contribution in [-0.2, 0) is 9.53 Å². The van der Waals surface area contributed by atoms with E-state index in [1.807, 2.05) is 0 Å². The van der Waals surface area contributed by atoms with Crippen molar-refractivity contribution < 1.29 is 9.53 Å². The van der Waals surface area contributed by atoms with Crippen LogP contribution in [-0.4, -0.2) is 12.6 Å². The van der Waals surface area contributed by atoms with Gasteiger partial charge in [-0.1, -0.05) is 226 Å². The number of unbranched alkanes of at least 4 members (excludes halogenated alkanes) is 33. The first-order chi connectivity index (χ1) is 20.8. The van der Waals surface area contributed by atoms with E-state index in [4.69, 9.17) is 4.74 Å². The fourth-order valence-electron chi connectivity index (χ4n) is 6.26. The van der Waals surface area contributed by atoms with Crippen LogP contribution < -0.4 is 0 Å². The summed E-state index contributed by atoms with van der Waals surface area (Å²) in [5, 5.41) is 0. The normalized spacial score (nSPS) is 11.4. The van der Waals surface area contributed by atoms with Gasteiger partial charge in [-0.05, 0) is 12.8 Å². The smallest absolute Gasteiger partial charge is 0.305 e. The number of hydrogen-bond acceptors (Lipinski definition) is 2. The molecule has 0 fully saturated rings. The number of rotatable bonds is 37. The number of ether oxygens (including phenoxy) is 1. The molecule has 2 nitrogen and oxygen atoms in total. The molecule has 42 heavy (non-hydrogen) atoms. The van der Waals surface area contributed by atoms with E-state index < -0.39 is 0 Å². The van der Waals surface area contributed by atoms with Crippen molar-refractivity contribution in [3.63, 3.8) is 0 Å². The third-order valence-corrected chi connectivity index (χ3v) is 9.25. The third-order valence-electron chi connectivity index (χ3n) is 9.25. The zero-order chi connectivity index (χ0) is 30.4. The van der Waals surface area contributed by atoms with Crippen molar-refractivity contribution in [2.45, 2.75) is 245 Å². The average Bonchev–Trinajstić information content (AvgIpc) is 3.00. The molecule has 0 spiro atoms. The predicted octanol–water partition coefficient (Wildman–Crippen LogP) is 14.6. The molecule has 0 aliphatic heterocycles. The lowest BCUT2D eigenvalue weighted by Gasteiger charge is -2.06. The van der Waals surface area contributed by atoms with E-state index in [-0.39, 0.29) is 5.97 Å². The maximum Gasteiger partial charge on any atom is 0.305 e. The quantitative estimate of drug-likeness (QED) is 0.0529. The van der Waals surface area contributed by atoms with Gasteiger partial charge in [-0.3, -0.25) is 4.79 Å². The van der Waals surface area contributed by atoms with Gasteiger partial charge in [0.2, 0.25) is 0 Å². The van der Waals surface area contributed by atoms with Crippen molar-refractivity contribution in [1.82, 2.24) is 0 Å². The molecule has 0 saturated carbocycles. The molecule has 0 aromatic carbocycles. The summed E-state index contributed by atoms with van der Waals surface area (Å²) in [6.45, 7) is 5.22. The van der Waals surface area contributed by atoms with Crippen LogP contribution in [0.5, 0.6) is 0 Å². The lowest BCUT2D eigenvalue weighted by Crippen LogP contribution is -2.05. The van der Waals surface area contributed by atoms with Crippen molar-refractivity contribution >= 4 is 5.97 Å². The molecule has 0 aliphatic rings. The summed E-state index contributed by atoms with van der Waals surface area (Å²) in [5.74, 6) is 0.0303. The van der Waals surface area contributed by atoms with Crippen molar-refractivity contribution in [2.75, 3.05) is 6.61 Å². The number of carbonyl (C=O) groups is 1. The minimum Gasteiger partial charge on any atom is -0.466 e. The van der Waals surface area contributed by atoms with Crippen molar-refractivity contribution in [2.24, 2.45) is 0 Å². The Labute approximate surface area is 266 Å². The highest BCUT2D eigenvalue weighted by molar-refractivity contribution is 5.69. The average molecular weight is 593 g/mol. The molecule has 252 valence electrons. The third kappa shape index (κ3) is 37.5. The van der Waals surface area contributed by atoms with Gasteiger partial charge in [-0.25, -0.2) is 0 Å². The van der Waals surface area contributed by atoms with E-state index in [1.165, 1.54) is 212 Å². The first-order valence-electron chi connectivity index (χ1n) is 20.0. The molecular weight excluding hydrogens is 512 g/mol. The van der Waals surface area contributed by atoms with Crippen LogP contribution in [0, 0.1) is 0 Å². The molecule has 0 atom stereocenters. The SMILES string of the molecule is CCCCCCCCCCCCCCCCCCCCCCC(=O)OCCCCCCCCCCCCCCCCC. The number of carbonyl (C=O) groups excluding carboxylic acids is 1. The summed E-state index contributed by atoms with van der Waals surface area (Å²) in [7, 11) is 0. The summed E-state index contributed by atoms with van der Waals surface area (Å²) in [4.78, 5) is 12.0. The van der Waals surface area contributed by atoms with Gasteiger partial charge < -0.3 is 4.74 Å². The molecule has 2 heteroatoms. The second-order valence-corrected chi connectivity index (χ2v) is 13.6. The Balaban J connectivity index is 3.14. The van der Waals surface area contributed by atoms with Gasteiger partial charge in [0, 0.05) is 6.42 Å². The van der Waals surface area contributed by atoms with E-state index in [9.17, 15) is 4.79 Å². The Morgan fingerprint density at radius 3 is 0.786 bits per heavy atom. The van der Waals surface area contributed by atoms with Crippen LogP contribution >= 0.6 is 0 Å². The zero-order valence-electron chi connectivity index (χ0n) is 29.5. The maximum absolute atomic E-state index is 12.0. The van der Waals surface area contributed by atoms with Gasteiger partial charge in [0.25, 0.3) is 0 Å². The highest BCUT2D eigenvalue weighted by atomic mass is 16.5. The molecule has 0 aromatic rings. The molecule has 0 aliphatic carbocycles. The first kappa shape index (κ1) is 41.5. The highest BCUT2D eigenvalue weighted by Gasteiger charge is 2.03. The monoisotopic (exact) mass is 593 g/mol. The Bertz CT molecular complexity index is 488. The van der Waals surface area contributed by atoms with Crippen LogP contribution in [0.15, 0.2) is 0 Å². The van der Waals surface area contributed by atoms with Crippen molar-refractivity contribution in [3.05, 3.63) is 0 Å². The Hall–Kier alpha value is -0.530. The second kappa shape index (κ2) is 38.5. The summed E-state index contributed by atoms with van der Waals surface area (Å²) in [6.07, 6.45) is 49.0. The lowest BCUT2D eigenvalue weighted by molar-refractivity contribution is -0.143. The van der Waals surface area contributed by atoms with Gasteiger partial charge >= 0.3 is 5.97 Å². The summed E-state index contributed by atoms with van der Waals surface area (Å²) in [5.41, 5.74) is 0. The van der Waals surface area contributed by atoms with Gasteiger partial charge in [-0.15, -0.1) is 0 Å². The largest absolute Gasteiger partial charge is 0.466 e. The molecule has 0 radical (unpaired) electrons. The highest BCUT2D eigenvalue weighted by Crippen LogP contribution is 2.16. The predicted molar refractivity (Wildman–Crippen MR) is 189 cm³/mol. The van der Waals surface area contributed by atoms with Gasteiger partial charge in [0.05, 0.1) is 6.61 Å². The van der Waals surface area contributed by atoms with Crippen molar-refractivity contribution in [1.29, 1.82) is 0 Å². The van der Waals surface area contributed by atoms with Crippen LogP contribution in [0.1, 0.15) is 245 Å². The van der Waals surface area contributed by atoms with E-state index in [2.05, 4.69) is 13.8 Å². The first-order valence-corrected chi connectivity index (χ1v) is 20.0. The second-order valence-electron chi connectivity index (χ2n) is 13.6. The Morgan fingerprint density at radius 1 is 0.310 bits per heavy atom. The van der Waals surface area contributed by atoms with Gasteiger partial charge in [-0.2, -0.15) is 0 Å². The van der Waals surface area contributed by atoms with E-state index in [0.29, 0.717) is 13.0 Å². The summed E-state index contributed by atoms with van der Waals surface area (Å²) < 4.78 is 5.46. The van der Waals surface area contributed by atoms with Gasteiger partial charge in [0.1, 0.15) is 0 Å². The fourth-order valence-corrected chi connectivity index (χ4v) is 6.26. The molecule has 0 heterocycles.